The molecule has 1 heterocycles. The van der Waals surface area contributed by atoms with Gasteiger partial charge in [0.1, 0.15) is 5.76 Å². The number of amides is 3. The molecule has 0 spiro atoms. The van der Waals surface area contributed by atoms with Gasteiger partial charge in [0, 0.05) is 9.26 Å². The van der Waals surface area contributed by atoms with Crippen LogP contribution in [0.3, 0.4) is 0 Å². The van der Waals surface area contributed by atoms with Crippen molar-refractivity contribution in [3.05, 3.63) is 52.0 Å². The van der Waals surface area contributed by atoms with Gasteiger partial charge in [-0.05, 0) is 52.9 Å². The number of urea groups is 1. The number of hydrogen-bond donors (Lipinski definition) is 3. The summed E-state index contributed by atoms with van der Waals surface area (Å²) in [5.74, 6) is 0.371. The third-order valence-corrected chi connectivity index (χ3v) is 3.20. The first kappa shape index (κ1) is 15.4. The summed E-state index contributed by atoms with van der Waals surface area (Å²) in [4.78, 5) is 23.2. The van der Waals surface area contributed by atoms with Crippen molar-refractivity contribution in [2.75, 3.05) is 11.9 Å². The molecule has 0 atom stereocenters. The molecule has 7 heteroatoms. The van der Waals surface area contributed by atoms with Gasteiger partial charge in [0.2, 0.25) is 5.91 Å². The molecule has 2 rings (SSSR count). The predicted molar refractivity (Wildman–Crippen MR) is 86.7 cm³/mol. The molecular formula is C14H14IN3O3. The molecule has 2 aromatic rings. The lowest BCUT2D eigenvalue weighted by Gasteiger charge is -2.08. The summed E-state index contributed by atoms with van der Waals surface area (Å²) in [6.45, 7) is 0.197. The van der Waals surface area contributed by atoms with Gasteiger partial charge < -0.3 is 20.4 Å². The predicted octanol–water partition coefficient (Wildman–Crippen LogP) is 2.32. The highest BCUT2D eigenvalue weighted by Gasteiger charge is 2.06. The number of carbonyl (C=O) groups excluding carboxylic acids is 2. The zero-order valence-electron chi connectivity index (χ0n) is 11.1. The van der Waals surface area contributed by atoms with Gasteiger partial charge in [-0.1, -0.05) is 6.07 Å². The summed E-state index contributed by atoms with van der Waals surface area (Å²) in [5.41, 5.74) is 0.676. The Hall–Kier alpha value is -2.03. The average Bonchev–Trinajstić information content (AvgIpc) is 2.96. The molecule has 3 N–H and O–H groups in total. The van der Waals surface area contributed by atoms with Crippen LogP contribution in [-0.2, 0) is 11.3 Å². The molecule has 0 saturated heterocycles. The number of benzene rings is 1. The van der Waals surface area contributed by atoms with E-state index in [1.54, 1.807) is 18.2 Å². The van der Waals surface area contributed by atoms with Crippen LogP contribution in [0.5, 0.6) is 0 Å². The van der Waals surface area contributed by atoms with Crippen molar-refractivity contribution in [2.45, 2.75) is 6.54 Å². The first-order chi connectivity index (χ1) is 10.1. The Morgan fingerprint density at radius 1 is 1.14 bits per heavy atom. The lowest BCUT2D eigenvalue weighted by Crippen LogP contribution is -2.38. The Kier molecular flexibility index (Phi) is 5.61. The van der Waals surface area contributed by atoms with E-state index in [9.17, 15) is 9.59 Å². The van der Waals surface area contributed by atoms with Crippen molar-refractivity contribution >= 4 is 40.2 Å². The van der Waals surface area contributed by atoms with Gasteiger partial charge in [-0.2, -0.15) is 0 Å². The van der Waals surface area contributed by atoms with E-state index in [1.165, 1.54) is 6.26 Å². The van der Waals surface area contributed by atoms with Gasteiger partial charge in [-0.15, -0.1) is 0 Å². The quantitative estimate of drug-likeness (QED) is 0.675. The largest absolute Gasteiger partial charge is 0.467 e. The molecule has 0 aliphatic rings. The molecular weight excluding hydrogens is 385 g/mol. The van der Waals surface area contributed by atoms with E-state index in [-0.39, 0.29) is 12.5 Å². The van der Waals surface area contributed by atoms with Gasteiger partial charge in [-0.3, -0.25) is 4.79 Å². The van der Waals surface area contributed by atoms with Gasteiger partial charge in [0.25, 0.3) is 0 Å². The maximum atomic E-state index is 11.6. The smallest absolute Gasteiger partial charge is 0.319 e. The molecule has 110 valence electrons. The minimum absolute atomic E-state index is 0.101. The summed E-state index contributed by atoms with van der Waals surface area (Å²) >= 11 is 2.16. The normalized spacial score (nSPS) is 9.95. The molecule has 0 unspecified atom stereocenters. The van der Waals surface area contributed by atoms with Gasteiger partial charge in [0.05, 0.1) is 19.4 Å². The summed E-state index contributed by atoms with van der Waals surface area (Å²) in [6, 6.07) is 10.5. The number of rotatable bonds is 5. The maximum absolute atomic E-state index is 11.6. The highest BCUT2D eigenvalue weighted by molar-refractivity contribution is 14.1. The fourth-order valence-electron chi connectivity index (χ4n) is 1.56. The van der Waals surface area contributed by atoms with Crippen LogP contribution in [0, 0.1) is 3.57 Å². The minimum Gasteiger partial charge on any atom is -0.467 e. The molecule has 0 fully saturated rings. The molecule has 0 radical (unpaired) electrons. The highest BCUT2D eigenvalue weighted by atomic mass is 127. The number of carbonyl (C=O) groups is 2. The van der Waals surface area contributed by atoms with E-state index in [0.717, 1.165) is 3.57 Å². The molecule has 1 aromatic carbocycles. The topological polar surface area (TPSA) is 83.4 Å². The lowest BCUT2D eigenvalue weighted by atomic mass is 10.3. The van der Waals surface area contributed by atoms with Gasteiger partial charge in [-0.25, -0.2) is 4.79 Å². The molecule has 0 aliphatic heterocycles. The fourth-order valence-corrected chi connectivity index (χ4v) is 2.11. The molecule has 0 saturated carbocycles. The van der Waals surface area contributed by atoms with E-state index in [4.69, 9.17) is 4.42 Å². The summed E-state index contributed by atoms with van der Waals surface area (Å²) < 4.78 is 6.10. The summed E-state index contributed by atoms with van der Waals surface area (Å²) in [7, 11) is 0. The second-order valence-electron chi connectivity index (χ2n) is 4.17. The van der Waals surface area contributed by atoms with Crippen LogP contribution in [0.15, 0.2) is 47.1 Å². The lowest BCUT2D eigenvalue weighted by molar-refractivity contribution is -0.120. The number of hydrogen-bond acceptors (Lipinski definition) is 3. The van der Waals surface area contributed by atoms with Crippen molar-refractivity contribution in [3.8, 4) is 0 Å². The van der Waals surface area contributed by atoms with E-state index in [2.05, 4.69) is 38.5 Å². The van der Waals surface area contributed by atoms with Crippen molar-refractivity contribution in [1.82, 2.24) is 10.6 Å². The SMILES string of the molecule is O=C(CNC(=O)Nc1cccc(I)c1)NCc1ccco1. The van der Waals surface area contributed by atoms with Gasteiger partial charge in [0.15, 0.2) is 0 Å². The zero-order valence-corrected chi connectivity index (χ0v) is 13.2. The van der Waals surface area contributed by atoms with Crippen LogP contribution in [0.4, 0.5) is 10.5 Å². The number of furan rings is 1. The second-order valence-corrected chi connectivity index (χ2v) is 5.42. The Morgan fingerprint density at radius 3 is 2.71 bits per heavy atom. The van der Waals surface area contributed by atoms with Crippen molar-refractivity contribution < 1.29 is 14.0 Å². The monoisotopic (exact) mass is 399 g/mol. The Balaban J connectivity index is 1.69. The van der Waals surface area contributed by atoms with E-state index in [0.29, 0.717) is 18.0 Å². The number of halogens is 1. The molecule has 3 amide bonds. The summed E-state index contributed by atoms with van der Waals surface area (Å²) in [5, 5.41) is 7.78. The third-order valence-electron chi connectivity index (χ3n) is 2.53. The molecule has 6 nitrogen and oxygen atoms in total. The minimum atomic E-state index is -0.426. The van der Waals surface area contributed by atoms with Crippen molar-refractivity contribution in [1.29, 1.82) is 0 Å². The van der Waals surface area contributed by atoms with E-state index < -0.39 is 6.03 Å². The number of nitrogens with one attached hydrogen (secondary N) is 3. The average molecular weight is 399 g/mol. The Morgan fingerprint density at radius 2 is 2.00 bits per heavy atom. The Bertz CT molecular complexity index is 614. The van der Waals surface area contributed by atoms with Crippen LogP contribution in [-0.4, -0.2) is 18.5 Å². The highest BCUT2D eigenvalue weighted by Crippen LogP contribution is 2.11. The zero-order chi connectivity index (χ0) is 15.1. The van der Waals surface area contributed by atoms with Crippen LogP contribution < -0.4 is 16.0 Å². The van der Waals surface area contributed by atoms with Crippen molar-refractivity contribution in [3.63, 3.8) is 0 Å². The van der Waals surface area contributed by atoms with Gasteiger partial charge >= 0.3 is 6.03 Å². The van der Waals surface area contributed by atoms with Crippen molar-refractivity contribution in [2.24, 2.45) is 0 Å². The molecule has 1 aromatic heterocycles. The summed E-state index contributed by atoms with van der Waals surface area (Å²) in [6.07, 6.45) is 1.54. The first-order valence-electron chi connectivity index (χ1n) is 6.23. The molecule has 0 bridgehead atoms. The number of anilines is 1. The molecule has 0 aliphatic carbocycles. The maximum Gasteiger partial charge on any atom is 0.319 e. The third kappa shape index (κ3) is 5.46. The fraction of sp³-hybridized carbons (Fsp3) is 0.143. The second kappa shape index (κ2) is 7.67. The van der Waals surface area contributed by atoms with E-state index in [1.807, 2.05) is 18.2 Å². The molecule has 21 heavy (non-hydrogen) atoms. The van der Waals surface area contributed by atoms with E-state index >= 15 is 0 Å². The van der Waals surface area contributed by atoms with Crippen LogP contribution >= 0.6 is 22.6 Å². The van der Waals surface area contributed by atoms with Crippen LogP contribution in [0.25, 0.3) is 0 Å². The first-order valence-corrected chi connectivity index (χ1v) is 7.31. The van der Waals surface area contributed by atoms with Crippen LogP contribution in [0.2, 0.25) is 0 Å². The standard InChI is InChI=1S/C14H14IN3O3/c15-10-3-1-4-11(7-10)18-14(20)17-9-13(19)16-8-12-5-2-6-21-12/h1-7H,8-9H2,(H,16,19)(H2,17,18,20). The Labute approximate surface area is 135 Å². The van der Waals surface area contributed by atoms with Crippen LogP contribution in [0.1, 0.15) is 5.76 Å².